The van der Waals surface area contributed by atoms with Gasteiger partial charge in [-0.05, 0) is 44.4 Å². The summed E-state index contributed by atoms with van der Waals surface area (Å²) in [7, 11) is 0. The molecule has 178 valence electrons. The van der Waals surface area contributed by atoms with E-state index in [-0.39, 0.29) is 6.61 Å². The highest BCUT2D eigenvalue weighted by molar-refractivity contribution is 5.68. The number of furan rings is 1. The summed E-state index contributed by atoms with van der Waals surface area (Å²) in [4.78, 5) is 4.60. The van der Waals surface area contributed by atoms with Crippen LogP contribution in [0.1, 0.15) is 43.9 Å². The van der Waals surface area contributed by atoms with Crippen molar-refractivity contribution in [2.24, 2.45) is 0 Å². The molecule has 0 saturated carbocycles. The highest BCUT2D eigenvalue weighted by atomic mass is 16.5. The molecule has 1 aliphatic rings. The molecule has 1 fully saturated rings. The molecule has 33 heavy (non-hydrogen) atoms. The van der Waals surface area contributed by atoms with Gasteiger partial charge in [0.15, 0.2) is 0 Å². The lowest BCUT2D eigenvalue weighted by atomic mass is 10.1. The number of aliphatic hydroxyl groups excluding tert-OH is 1. The molecule has 2 aromatic heterocycles. The van der Waals surface area contributed by atoms with E-state index in [0.29, 0.717) is 19.7 Å². The molecule has 7 heteroatoms. The maximum atomic E-state index is 10.7. The standard InChI is InChI=1S/C26H35N3O4/c1-2-13-28(17-22(30)19-31-20-23-12-9-16-32-23)18-24-25(21-10-5-3-6-11-21)27-33-26(24)29-14-7-4-8-15-29/h3,5-6,9-12,16,22,30H,2,4,7-8,13-15,17-20H2,1H3/t22-/m0/s1. The molecule has 1 aromatic carbocycles. The first-order chi connectivity index (χ1) is 16.2. The van der Waals surface area contributed by atoms with Gasteiger partial charge in [-0.25, -0.2) is 0 Å². The van der Waals surface area contributed by atoms with Crippen molar-refractivity contribution < 1.29 is 18.8 Å². The van der Waals surface area contributed by atoms with Gasteiger partial charge in [0, 0.05) is 31.7 Å². The van der Waals surface area contributed by atoms with E-state index in [1.807, 2.05) is 30.3 Å². The average molecular weight is 454 g/mol. The van der Waals surface area contributed by atoms with E-state index in [9.17, 15) is 5.11 Å². The number of ether oxygens (including phenoxy) is 1. The maximum Gasteiger partial charge on any atom is 0.232 e. The van der Waals surface area contributed by atoms with E-state index in [0.717, 1.165) is 54.5 Å². The van der Waals surface area contributed by atoms with Crippen molar-refractivity contribution in [1.29, 1.82) is 0 Å². The van der Waals surface area contributed by atoms with Gasteiger partial charge in [-0.1, -0.05) is 42.4 Å². The Morgan fingerprint density at radius 1 is 1.12 bits per heavy atom. The average Bonchev–Trinajstić information content (AvgIpc) is 3.51. The van der Waals surface area contributed by atoms with Gasteiger partial charge in [0.05, 0.1) is 24.5 Å². The molecule has 4 rings (SSSR count). The van der Waals surface area contributed by atoms with Crippen LogP contribution >= 0.6 is 0 Å². The number of nitrogens with zero attached hydrogens (tertiary/aromatic N) is 3. The number of aliphatic hydroxyl groups is 1. The second-order valence-electron chi connectivity index (χ2n) is 8.71. The number of piperidine rings is 1. The summed E-state index contributed by atoms with van der Waals surface area (Å²) >= 11 is 0. The van der Waals surface area contributed by atoms with Gasteiger partial charge in [-0.3, -0.25) is 4.90 Å². The highest BCUT2D eigenvalue weighted by Crippen LogP contribution is 2.34. The number of rotatable bonds is 12. The zero-order valence-corrected chi connectivity index (χ0v) is 19.5. The van der Waals surface area contributed by atoms with Crippen molar-refractivity contribution in [2.75, 3.05) is 37.7 Å². The molecule has 3 heterocycles. The van der Waals surface area contributed by atoms with Crippen LogP contribution in [0, 0.1) is 0 Å². The summed E-state index contributed by atoms with van der Waals surface area (Å²) in [5.74, 6) is 1.63. The lowest BCUT2D eigenvalue weighted by Gasteiger charge is -2.29. The predicted molar refractivity (Wildman–Crippen MR) is 128 cm³/mol. The van der Waals surface area contributed by atoms with E-state index < -0.39 is 6.10 Å². The third-order valence-corrected chi connectivity index (χ3v) is 5.98. The molecular weight excluding hydrogens is 418 g/mol. The quantitative estimate of drug-likeness (QED) is 0.425. The lowest BCUT2D eigenvalue weighted by Crippen LogP contribution is -2.36. The Hall–Kier alpha value is -2.61. The highest BCUT2D eigenvalue weighted by Gasteiger charge is 2.26. The minimum Gasteiger partial charge on any atom is -0.467 e. The summed E-state index contributed by atoms with van der Waals surface area (Å²) in [5, 5.41) is 15.2. The molecule has 1 saturated heterocycles. The predicted octanol–water partition coefficient (Wildman–Crippen LogP) is 4.71. The Labute approximate surface area is 195 Å². The SMILES string of the molecule is CCCN(Cc1c(-c2ccccc2)noc1N1CCCCC1)C[C@H](O)COCc1ccco1. The molecule has 1 atom stereocenters. The van der Waals surface area contributed by atoms with Crippen LogP contribution in [0.25, 0.3) is 11.3 Å². The minimum absolute atomic E-state index is 0.259. The Bertz CT molecular complexity index is 936. The van der Waals surface area contributed by atoms with Crippen molar-refractivity contribution >= 4 is 5.88 Å². The smallest absolute Gasteiger partial charge is 0.232 e. The number of anilines is 1. The van der Waals surface area contributed by atoms with Crippen LogP contribution in [-0.2, 0) is 17.9 Å². The lowest BCUT2D eigenvalue weighted by molar-refractivity contribution is 0.00388. The van der Waals surface area contributed by atoms with Gasteiger partial charge in [-0.15, -0.1) is 0 Å². The number of aromatic nitrogens is 1. The molecular formula is C26H35N3O4. The van der Waals surface area contributed by atoms with Gasteiger partial charge in [-0.2, -0.15) is 0 Å². The molecule has 7 nitrogen and oxygen atoms in total. The third-order valence-electron chi connectivity index (χ3n) is 5.98. The van der Waals surface area contributed by atoms with Crippen molar-refractivity contribution in [2.45, 2.75) is 51.9 Å². The Morgan fingerprint density at radius 3 is 2.67 bits per heavy atom. The molecule has 0 unspecified atom stereocenters. The zero-order chi connectivity index (χ0) is 22.9. The van der Waals surface area contributed by atoms with Crippen LogP contribution < -0.4 is 4.90 Å². The van der Waals surface area contributed by atoms with Crippen molar-refractivity contribution in [3.8, 4) is 11.3 Å². The molecule has 3 aromatic rings. The Balaban J connectivity index is 1.47. The molecule has 1 N–H and O–H groups in total. The van der Waals surface area contributed by atoms with E-state index >= 15 is 0 Å². The van der Waals surface area contributed by atoms with Crippen LogP contribution in [0.2, 0.25) is 0 Å². The van der Waals surface area contributed by atoms with Gasteiger partial charge in [0.2, 0.25) is 5.88 Å². The summed E-state index contributed by atoms with van der Waals surface area (Å²) in [5.41, 5.74) is 3.04. The summed E-state index contributed by atoms with van der Waals surface area (Å²) in [6.07, 6.45) is 5.63. The molecule has 1 aliphatic heterocycles. The molecule has 0 amide bonds. The normalized spacial score (nSPS) is 15.3. The van der Waals surface area contributed by atoms with Crippen molar-refractivity contribution in [1.82, 2.24) is 10.1 Å². The van der Waals surface area contributed by atoms with Gasteiger partial charge < -0.3 is 23.7 Å². The molecule has 0 radical (unpaired) electrons. The minimum atomic E-state index is -0.593. The van der Waals surface area contributed by atoms with Gasteiger partial charge in [0.1, 0.15) is 18.1 Å². The second-order valence-corrected chi connectivity index (χ2v) is 8.71. The molecule has 0 spiro atoms. The number of benzene rings is 1. The summed E-state index contributed by atoms with van der Waals surface area (Å²) < 4.78 is 16.9. The van der Waals surface area contributed by atoms with Gasteiger partial charge >= 0.3 is 0 Å². The fourth-order valence-electron chi connectivity index (χ4n) is 4.43. The van der Waals surface area contributed by atoms with E-state index in [4.69, 9.17) is 13.7 Å². The first kappa shape index (κ1) is 23.5. The van der Waals surface area contributed by atoms with Crippen LogP contribution in [-0.4, -0.2) is 54.1 Å². The molecule has 0 bridgehead atoms. The third kappa shape index (κ3) is 6.47. The monoisotopic (exact) mass is 453 g/mol. The maximum absolute atomic E-state index is 10.7. The van der Waals surface area contributed by atoms with Crippen molar-refractivity contribution in [3.63, 3.8) is 0 Å². The fourth-order valence-corrected chi connectivity index (χ4v) is 4.43. The number of hydrogen-bond acceptors (Lipinski definition) is 7. The van der Waals surface area contributed by atoms with E-state index in [1.54, 1.807) is 6.26 Å². The zero-order valence-electron chi connectivity index (χ0n) is 19.5. The first-order valence-corrected chi connectivity index (χ1v) is 12.0. The Morgan fingerprint density at radius 2 is 1.94 bits per heavy atom. The Kier molecular flexibility index (Phi) is 8.58. The van der Waals surface area contributed by atoms with Crippen LogP contribution in [0.15, 0.2) is 57.7 Å². The molecule has 0 aliphatic carbocycles. The second kappa shape index (κ2) is 12.0. The van der Waals surface area contributed by atoms with Crippen LogP contribution in [0.4, 0.5) is 5.88 Å². The first-order valence-electron chi connectivity index (χ1n) is 12.0. The summed E-state index contributed by atoms with van der Waals surface area (Å²) in [6, 6.07) is 13.9. The van der Waals surface area contributed by atoms with Gasteiger partial charge in [0.25, 0.3) is 0 Å². The summed E-state index contributed by atoms with van der Waals surface area (Å²) in [6.45, 7) is 6.82. The topological polar surface area (TPSA) is 75.1 Å². The fraction of sp³-hybridized carbons (Fsp3) is 0.500. The van der Waals surface area contributed by atoms with Crippen molar-refractivity contribution in [3.05, 3.63) is 60.1 Å². The van der Waals surface area contributed by atoms with E-state index in [2.05, 4.69) is 34.0 Å². The number of hydrogen-bond donors (Lipinski definition) is 1. The van der Waals surface area contributed by atoms with E-state index in [1.165, 1.54) is 19.3 Å². The van der Waals surface area contributed by atoms with Crippen LogP contribution in [0.5, 0.6) is 0 Å². The largest absolute Gasteiger partial charge is 0.467 e. The van der Waals surface area contributed by atoms with Crippen LogP contribution in [0.3, 0.4) is 0 Å².